The number of hydrogen-bond donors (Lipinski definition) is 2. The smallest absolute Gasteiger partial charge is 0.277 e. The number of H-pyrrole nitrogens is 2. The van der Waals surface area contributed by atoms with E-state index < -0.39 is 0 Å². The molecule has 18 nitrogen and oxygen atoms in total. The average Bonchev–Trinajstić information content (AvgIpc) is 3.88. The number of aromatic amines is 2. The van der Waals surface area contributed by atoms with Gasteiger partial charge >= 0.3 is 0 Å². The fraction of sp³-hybridized carbons (Fsp3) is 0.583. The fourth-order valence-electron chi connectivity index (χ4n) is 10.3. The summed E-state index contributed by atoms with van der Waals surface area (Å²) in [5.74, 6) is 3.62. The molecule has 0 unspecified atom stereocenters. The van der Waals surface area contributed by atoms with Crippen molar-refractivity contribution in [2.45, 2.75) is 109 Å². The van der Waals surface area contributed by atoms with Crippen LogP contribution >= 0.6 is 0 Å². The zero-order chi connectivity index (χ0) is 46.1. The molecule has 6 aromatic heterocycles. The number of nitrogens with one attached hydrogen (secondary N) is 2. The molecule has 0 spiro atoms. The standard InChI is InChI=1S/C25H35N7O2.C23H31N7O2/c1-16-21-22(32(29-16)18-8-6-5-7-9-18)24(33)28-23(27-21)19-10-11-20(26-25(19)34-4)31-14-12-17(13-15-31)30(2)3;1-15-19-20(30(27-15)16-7-5-4-6-8-16)22(31)26-21(25-19)17-9-10-18(24-23(17)32-3)29-13-11-28(2)12-14-29/h10-11,17-18H,5-9,12-15H2,1-4H3,(H,27,28,33);9-10,16H,4-8,11-14H2,1-3H3,(H,25,26,31). The number of anilines is 2. The molecule has 66 heavy (non-hydrogen) atoms. The number of aryl methyl sites for hydroxylation is 2. The van der Waals surface area contributed by atoms with Crippen LogP contribution in [0.15, 0.2) is 33.9 Å². The van der Waals surface area contributed by atoms with Gasteiger partial charge in [0, 0.05) is 45.3 Å². The van der Waals surface area contributed by atoms with E-state index in [9.17, 15) is 9.59 Å². The van der Waals surface area contributed by atoms with Crippen molar-refractivity contribution in [3.63, 3.8) is 0 Å². The first-order valence-electron chi connectivity index (χ1n) is 23.9. The lowest BCUT2D eigenvalue weighted by Gasteiger charge is -2.35. The molecule has 2 saturated heterocycles. The van der Waals surface area contributed by atoms with Crippen LogP contribution in [0.1, 0.15) is 101 Å². The molecular weight excluding hydrogens is 837 g/mol. The quantitative estimate of drug-likeness (QED) is 0.165. The number of piperazine rings is 1. The van der Waals surface area contributed by atoms with Crippen molar-refractivity contribution in [2.75, 3.05) is 84.4 Å². The summed E-state index contributed by atoms with van der Waals surface area (Å²) in [5.41, 5.74) is 5.02. The molecule has 4 fully saturated rings. The van der Waals surface area contributed by atoms with Crippen LogP contribution < -0.4 is 30.4 Å². The summed E-state index contributed by atoms with van der Waals surface area (Å²) in [4.78, 5) is 60.6. The highest BCUT2D eigenvalue weighted by molar-refractivity contribution is 5.81. The Hall–Kier alpha value is -5.88. The summed E-state index contributed by atoms with van der Waals surface area (Å²) in [6.07, 6.45) is 13.7. The van der Waals surface area contributed by atoms with E-state index in [0.29, 0.717) is 62.6 Å². The van der Waals surface area contributed by atoms with Crippen molar-refractivity contribution in [1.29, 1.82) is 0 Å². The highest BCUT2D eigenvalue weighted by atomic mass is 16.5. The number of methoxy groups -OCH3 is 2. The van der Waals surface area contributed by atoms with Crippen molar-refractivity contribution in [3.8, 4) is 34.5 Å². The molecule has 2 aliphatic heterocycles. The van der Waals surface area contributed by atoms with Crippen LogP contribution in [0.4, 0.5) is 11.6 Å². The van der Waals surface area contributed by atoms with E-state index in [0.717, 1.165) is 101 Å². The van der Waals surface area contributed by atoms with Crippen LogP contribution in [0.3, 0.4) is 0 Å². The maximum atomic E-state index is 13.2. The molecule has 6 aromatic rings. The predicted molar refractivity (Wildman–Crippen MR) is 258 cm³/mol. The van der Waals surface area contributed by atoms with Gasteiger partial charge in [-0.05, 0) is 97.8 Å². The molecule has 8 heterocycles. The molecule has 352 valence electrons. The first kappa shape index (κ1) is 45.3. The molecule has 2 aliphatic carbocycles. The summed E-state index contributed by atoms with van der Waals surface area (Å²) in [6, 6.07) is 9.01. The summed E-state index contributed by atoms with van der Waals surface area (Å²) in [5, 5.41) is 9.43. The Labute approximate surface area is 385 Å². The van der Waals surface area contributed by atoms with Gasteiger partial charge in [0.15, 0.2) is 11.0 Å². The Morgan fingerprint density at radius 1 is 0.576 bits per heavy atom. The van der Waals surface area contributed by atoms with Crippen LogP contribution in [0.25, 0.3) is 44.8 Å². The molecular formula is C48H66N14O4. The summed E-state index contributed by atoms with van der Waals surface area (Å²) >= 11 is 0. The highest BCUT2D eigenvalue weighted by Gasteiger charge is 2.27. The number of nitrogens with zero attached hydrogens (tertiary/aromatic N) is 12. The van der Waals surface area contributed by atoms with Crippen LogP contribution in [0, 0.1) is 13.8 Å². The van der Waals surface area contributed by atoms with Crippen LogP contribution in [0.5, 0.6) is 11.8 Å². The maximum absolute atomic E-state index is 13.2. The number of pyridine rings is 2. The van der Waals surface area contributed by atoms with E-state index in [1.54, 1.807) is 14.2 Å². The van der Waals surface area contributed by atoms with Crippen LogP contribution in [-0.2, 0) is 0 Å². The monoisotopic (exact) mass is 903 g/mol. The lowest BCUT2D eigenvalue weighted by molar-refractivity contribution is 0.249. The van der Waals surface area contributed by atoms with E-state index in [-0.39, 0.29) is 23.2 Å². The third-order valence-electron chi connectivity index (χ3n) is 14.2. The van der Waals surface area contributed by atoms with E-state index in [4.69, 9.17) is 39.6 Å². The van der Waals surface area contributed by atoms with Gasteiger partial charge in [-0.15, -0.1) is 0 Å². The molecule has 2 N–H and O–H groups in total. The van der Waals surface area contributed by atoms with E-state index in [2.05, 4.69) is 50.7 Å². The predicted octanol–water partition coefficient (Wildman–Crippen LogP) is 6.29. The molecule has 0 amide bonds. The Kier molecular flexibility index (Phi) is 13.4. The van der Waals surface area contributed by atoms with Gasteiger partial charge in [0.25, 0.3) is 11.1 Å². The second-order valence-electron chi connectivity index (χ2n) is 18.8. The number of ether oxygens (including phenoxy) is 2. The molecule has 0 atom stereocenters. The topological polar surface area (TPSA) is 184 Å². The second kappa shape index (κ2) is 19.5. The average molecular weight is 903 g/mol. The van der Waals surface area contributed by atoms with Gasteiger partial charge in [0.05, 0.1) is 48.8 Å². The normalized spacial score (nSPS) is 18.3. The molecule has 10 rings (SSSR count). The van der Waals surface area contributed by atoms with Gasteiger partial charge in [-0.2, -0.15) is 20.2 Å². The lowest BCUT2D eigenvalue weighted by Crippen LogP contribution is -2.44. The summed E-state index contributed by atoms with van der Waals surface area (Å²) in [6.45, 7) is 9.61. The van der Waals surface area contributed by atoms with Crippen LogP contribution in [0.2, 0.25) is 0 Å². The molecule has 2 saturated carbocycles. The summed E-state index contributed by atoms with van der Waals surface area (Å²) in [7, 11) is 9.62. The number of hydrogen-bond acceptors (Lipinski definition) is 14. The maximum Gasteiger partial charge on any atom is 0.277 e. The number of piperidine rings is 1. The largest absolute Gasteiger partial charge is 0.480 e. The minimum atomic E-state index is -0.165. The van der Waals surface area contributed by atoms with Gasteiger partial charge in [-0.3, -0.25) is 19.0 Å². The number of likely N-dealkylation sites (N-methyl/N-ethyl adjacent to an activating group) is 1. The third kappa shape index (κ3) is 9.13. The number of fused-ring (bicyclic) bond motifs is 2. The Morgan fingerprint density at radius 3 is 1.41 bits per heavy atom. The SMILES string of the molecule is COc1nc(N2CCC(N(C)C)CC2)ccc1-c1nc2c(C)nn(C3CCCCC3)c2c(=O)[nH]1.COc1nc(N2CCN(C)CC2)ccc1-c1nc2c(C)nn(C3CCCCC3)c2c(=O)[nH]1. The first-order chi connectivity index (χ1) is 32.0. The van der Waals surface area contributed by atoms with Gasteiger partial charge < -0.3 is 39.0 Å². The van der Waals surface area contributed by atoms with Crippen molar-refractivity contribution in [1.82, 2.24) is 59.3 Å². The molecule has 18 heteroatoms. The van der Waals surface area contributed by atoms with Gasteiger partial charge in [-0.1, -0.05) is 38.5 Å². The second-order valence-corrected chi connectivity index (χ2v) is 18.8. The highest BCUT2D eigenvalue weighted by Crippen LogP contribution is 2.35. The van der Waals surface area contributed by atoms with Crippen molar-refractivity contribution in [3.05, 3.63) is 56.4 Å². The Balaban J connectivity index is 0.000000166. The van der Waals surface area contributed by atoms with E-state index in [1.165, 1.54) is 38.5 Å². The fourth-order valence-corrected chi connectivity index (χ4v) is 10.3. The summed E-state index contributed by atoms with van der Waals surface area (Å²) < 4.78 is 15.1. The van der Waals surface area contributed by atoms with Crippen molar-refractivity contribution in [2.24, 2.45) is 0 Å². The van der Waals surface area contributed by atoms with Crippen LogP contribution in [-0.4, -0.2) is 140 Å². The number of aromatic nitrogens is 10. The Bertz CT molecular complexity index is 2770. The molecule has 0 bridgehead atoms. The number of rotatable bonds is 9. The van der Waals surface area contributed by atoms with E-state index >= 15 is 0 Å². The molecule has 0 aromatic carbocycles. The van der Waals surface area contributed by atoms with Gasteiger partial charge in [-0.25, -0.2) is 9.97 Å². The van der Waals surface area contributed by atoms with Gasteiger partial charge in [0.2, 0.25) is 11.8 Å². The third-order valence-corrected chi connectivity index (χ3v) is 14.2. The van der Waals surface area contributed by atoms with Crippen molar-refractivity contribution < 1.29 is 9.47 Å². The molecule has 4 aliphatic rings. The lowest BCUT2D eigenvalue weighted by atomic mass is 9.95. The zero-order valence-corrected chi connectivity index (χ0v) is 39.8. The van der Waals surface area contributed by atoms with Gasteiger partial charge in [0.1, 0.15) is 34.3 Å². The Morgan fingerprint density at radius 2 is 1.00 bits per heavy atom. The van der Waals surface area contributed by atoms with E-state index in [1.807, 2.05) is 47.5 Å². The minimum absolute atomic E-state index is 0.164. The van der Waals surface area contributed by atoms with Crippen molar-refractivity contribution >= 4 is 33.7 Å². The first-order valence-corrected chi connectivity index (χ1v) is 23.9. The zero-order valence-electron chi connectivity index (χ0n) is 39.8. The minimum Gasteiger partial charge on any atom is -0.480 e. The molecule has 0 radical (unpaired) electrons.